The number of rotatable bonds is 3. The molecule has 8 heavy (non-hydrogen) atoms. The minimum absolute atomic E-state index is 0.914. The van der Waals surface area contributed by atoms with Crippen LogP contribution in [0.5, 0.6) is 0 Å². The predicted molar refractivity (Wildman–Crippen MR) is 37.1 cm³/mol. The van der Waals surface area contributed by atoms with E-state index in [-0.39, 0.29) is 0 Å². The average Bonchev–Trinajstić information content (AvgIpc) is 1.81. The van der Waals surface area contributed by atoms with E-state index in [4.69, 9.17) is 6.58 Å². The van der Waals surface area contributed by atoms with E-state index in [1.165, 1.54) is 6.08 Å². The predicted octanol–water partition coefficient (Wildman–Crippen LogP) is 2.31. The molecule has 2 radical (unpaired) electrons. The van der Waals surface area contributed by atoms with Crippen LogP contribution in [0.25, 0.3) is 0 Å². The van der Waals surface area contributed by atoms with Crippen LogP contribution < -0.4 is 0 Å². The van der Waals surface area contributed by atoms with Crippen molar-refractivity contribution in [3.63, 3.8) is 0 Å². The molecule has 0 aliphatic carbocycles. The molecule has 0 aromatic rings. The van der Waals surface area contributed by atoms with Crippen molar-refractivity contribution in [2.24, 2.45) is 0 Å². The van der Waals surface area contributed by atoms with Gasteiger partial charge in [-0.15, -0.1) is 0 Å². The third-order valence-corrected chi connectivity index (χ3v) is 0.686. The van der Waals surface area contributed by atoms with Crippen molar-refractivity contribution in [2.75, 3.05) is 0 Å². The summed E-state index contributed by atoms with van der Waals surface area (Å²) in [5.74, 6) is 0. The number of hydrogen-bond acceptors (Lipinski definition) is 0. The lowest BCUT2D eigenvalue weighted by atomic mass is 10.3. The van der Waals surface area contributed by atoms with Gasteiger partial charge in [-0.25, -0.2) is 0 Å². The molecule has 0 unspecified atom stereocenters. The molecule has 0 aliphatic rings. The Balaban J connectivity index is 3.15. The van der Waals surface area contributed by atoms with E-state index in [0.29, 0.717) is 0 Å². The van der Waals surface area contributed by atoms with Crippen molar-refractivity contribution < 1.29 is 0 Å². The summed E-state index contributed by atoms with van der Waals surface area (Å²) in [5, 5.41) is 0. The van der Waals surface area contributed by atoms with Crippen LogP contribution in [0.3, 0.4) is 0 Å². The molecule has 0 aromatic carbocycles. The summed E-state index contributed by atoms with van der Waals surface area (Å²) >= 11 is 0. The maximum absolute atomic E-state index is 5.06. The van der Waals surface area contributed by atoms with Gasteiger partial charge in [-0.05, 0) is 13.3 Å². The lowest BCUT2D eigenvalue weighted by Gasteiger charge is -1.74. The van der Waals surface area contributed by atoms with Gasteiger partial charge < -0.3 is 0 Å². The quantitative estimate of drug-likeness (QED) is 0.484. The molecule has 0 heteroatoms. The minimum atomic E-state index is 0.914. The smallest absolute Gasteiger partial charge is 0.0166 e. The Morgan fingerprint density at radius 2 is 2.12 bits per heavy atom. The van der Waals surface area contributed by atoms with Crippen molar-refractivity contribution >= 4 is 0 Å². The fourth-order valence-corrected chi connectivity index (χ4v) is 0.332. The van der Waals surface area contributed by atoms with Gasteiger partial charge in [-0.2, -0.15) is 0 Å². The highest BCUT2D eigenvalue weighted by atomic mass is 13.7. The van der Waals surface area contributed by atoms with Crippen LogP contribution in [-0.4, -0.2) is 0 Å². The summed E-state index contributed by atoms with van der Waals surface area (Å²) in [7, 11) is 0. The lowest BCUT2D eigenvalue weighted by Crippen LogP contribution is -1.53. The Hall–Kier alpha value is -0.780. The zero-order valence-corrected chi connectivity index (χ0v) is 4.88. The molecular weight excluding hydrogens is 96.1 g/mol. The highest BCUT2D eigenvalue weighted by Gasteiger charge is 1.63. The number of allylic oxidation sites excluding steroid dienone is 5. The van der Waals surface area contributed by atoms with E-state index in [2.05, 4.69) is 6.92 Å². The molecule has 0 aromatic heterocycles. The zero-order valence-electron chi connectivity index (χ0n) is 4.88. The first-order valence-electron chi connectivity index (χ1n) is 2.56. The second-order valence-electron chi connectivity index (χ2n) is 1.33. The maximum Gasteiger partial charge on any atom is -0.0166 e. The second kappa shape index (κ2) is 6.22. The van der Waals surface area contributed by atoms with Gasteiger partial charge in [0.15, 0.2) is 0 Å². The van der Waals surface area contributed by atoms with Crippen molar-refractivity contribution in [3.8, 4) is 0 Å². The van der Waals surface area contributed by atoms with E-state index >= 15 is 0 Å². The molecule has 0 spiro atoms. The summed E-state index contributed by atoms with van der Waals surface area (Å²) in [5.41, 5.74) is 0. The molecule has 0 saturated heterocycles. The topological polar surface area (TPSA) is 0 Å². The van der Waals surface area contributed by atoms with Crippen molar-refractivity contribution in [1.29, 1.82) is 0 Å². The van der Waals surface area contributed by atoms with Crippen LogP contribution in [-0.2, 0) is 0 Å². The Labute approximate surface area is 51.2 Å². The van der Waals surface area contributed by atoms with Gasteiger partial charge >= 0.3 is 0 Å². The molecule has 0 bridgehead atoms. The van der Waals surface area contributed by atoms with Crippen LogP contribution in [0.2, 0.25) is 0 Å². The monoisotopic (exact) mass is 106 g/mol. The summed E-state index contributed by atoms with van der Waals surface area (Å²) in [6.45, 7) is 8.59. The van der Waals surface area contributed by atoms with Crippen molar-refractivity contribution in [2.45, 2.75) is 6.42 Å². The first kappa shape index (κ1) is 7.22. The summed E-state index contributed by atoms with van der Waals surface area (Å²) in [6.07, 6.45) is 9.91. The SMILES string of the molecule is [CH]=CC=CCC=C[CH2]. The molecule has 42 valence electrons. The van der Waals surface area contributed by atoms with Gasteiger partial charge in [0.25, 0.3) is 0 Å². The van der Waals surface area contributed by atoms with E-state index in [9.17, 15) is 0 Å². The second-order valence-corrected chi connectivity index (χ2v) is 1.33. The molecule has 0 nitrogen and oxygen atoms in total. The fraction of sp³-hybridized carbons (Fsp3) is 0.125. The van der Waals surface area contributed by atoms with Gasteiger partial charge in [0.1, 0.15) is 0 Å². The largest absolute Gasteiger partial charge is 0.0879 e. The van der Waals surface area contributed by atoms with Gasteiger partial charge in [0.2, 0.25) is 0 Å². The van der Waals surface area contributed by atoms with Crippen LogP contribution in [0.4, 0.5) is 0 Å². The first-order chi connectivity index (χ1) is 3.91. The first-order valence-corrected chi connectivity index (χ1v) is 2.56. The van der Waals surface area contributed by atoms with E-state index in [0.717, 1.165) is 6.42 Å². The Morgan fingerprint density at radius 3 is 2.62 bits per heavy atom. The van der Waals surface area contributed by atoms with E-state index in [1.807, 2.05) is 12.2 Å². The summed E-state index contributed by atoms with van der Waals surface area (Å²) in [4.78, 5) is 0. The van der Waals surface area contributed by atoms with Crippen LogP contribution in [0.15, 0.2) is 30.4 Å². The third-order valence-electron chi connectivity index (χ3n) is 0.686. The molecule has 0 fully saturated rings. The normalized spacial score (nSPS) is 11.1. The Kier molecular flexibility index (Phi) is 5.61. The minimum Gasteiger partial charge on any atom is -0.0879 e. The third kappa shape index (κ3) is 5.22. The van der Waals surface area contributed by atoms with Crippen molar-refractivity contribution in [3.05, 3.63) is 43.9 Å². The van der Waals surface area contributed by atoms with Crippen LogP contribution in [0, 0.1) is 13.5 Å². The molecule has 0 N–H and O–H groups in total. The molecule has 0 atom stereocenters. The average molecular weight is 106 g/mol. The maximum atomic E-state index is 5.06. The molecule has 0 saturated carbocycles. The number of hydrogen-bond donors (Lipinski definition) is 0. The molecule has 0 amide bonds. The van der Waals surface area contributed by atoms with Gasteiger partial charge in [-0.1, -0.05) is 37.0 Å². The van der Waals surface area contributed by atoms with Gasteiger partial charge in [0.05, 0.1) is 0 Å². The molecule has 0 aliphatic heterocycles. The molecular formula is C8H10. The summed E-state index contributed by atoms with van der Waals surface area (Å²) in [6, 6.07) is 0. The van der Waals surface area contributed by atoms with E-state index < -0.39 is 0 Å². The fourth-order valence-electron chi connectivity index (χ4n) is 0.332. The standard InChI is InChI=1S/C8H10/c1-3-5-7-8-6-4-2/h1,3-7H,2,8H2. The molecule has 0 heterocycles. The lowest BCUT2D eigenvalue weighted by molar-refractivity contribution is 1.39. The van der Waals surface area contributed by atoms with Crippen LogP contribution in [0.1, 0.15) is 6.42 Å². The Bertz CT molecular complexity index is 96.6. The van der Waals surface area contributed by atoms with Crippen molar-refractivity contribution in [1.82, 2.24) is 0 Å². The van der Waals surface area contributed by atoms with Gasteiger partial charge in [0, 0.05) is 0 Å². The van der Waals surface area contributed by atoms with Crippen LogP contribution >= 0.6 is 0 Å². The Morgan fingerprint density at radius 1 is 1.38 bits per heavy atom. The van der Waals surface area contributed by atoms with Gasteiger partial charge in [-0.3, -0.25) is 0 Å². The zero-order chi connectivity index (χ0) is 6.24. The highest BCUT2D eigenvalue weighted by Crippen LogP contribution is 1.83. The summed E-state index contributed by atoms with van der Waals surface area (Å²) < 4.78 is 0. The molecule has 0 rings (SSSR count). The van der Waals surface area contributed by atoms with E-state index in [1.54, 1.807) is 12.2 Å². The highest BCUT2D eigenvalue weighted by molar-refractivity contribution is 5.00.